The number of rotatable bonds is 3. The lowest BCUT2D eigenvalue weighted by Crippen LogP contribution is -2.45. The van der Waals surface area contributed by atoms with Crippen LogP contribution in [0.5, 0.6) is 0 Å². The van der Waals surface area contributed by atoms with Crippen LogP contribution in [0.2, 0.25) is 5.02 Å². The second-order valence-corrected chi connectivity index (χ2v) is 6.58. The summed E-state index contributed by atoms with van der Waals surface area (Å²) in [4.78, 5) is 8.21. The molecule has 0 saturated carbocycles. The molecule has 4 rings (SSSR count). The minimum absolute atomic E-state index is 0.799. The van der Waals surface area contributed by atoms with Gasteiger partial charge in [0.2, 0.25) is 0 Å². The Hall–Kier alpha value is -1.97. The zero-order valence-corrected chi connectivity index (χ0v) is 13.8. The summed E-state index contributed by atoms with van der Waals surface area (Å²) in [6.45, 7) is 5.33. The normalized spacial score (nSPS) is 16.1. The molecule has 1 fully saturated rings. The Morgan fingerprint density at radius 2 is 1.70 bits per heavy atom. The maximum Gasteiger partial charge on any atom is 0.0454 e. The quantitative estimate of drug-likeness (QED) is 0.781. The number of hydrogen-bond acceptors (Lipinski definition) is 2. The number of hydrogen-bond donors (Lipinski definition) is 1. The number of H-pyrrole nitrogens is 1. The van der Waals surface area contributed by atoms with Gasteiger partial charge < -0.3 is 9.88 Å². The molecule has 3 nitrogen and oxygen atoms in total. The van der Waals surface area contributed by atoms with Crippen LogP contribution in [0.25, 0.3) is 10.9 Å². The zero-order valence-electron chi connectivity index (χ0n) is 13.0. The van der Waals surface area contributed by atoms with Crippen molar-refractivity contribution in [2.75, 3.05) is 31.1 Å². The highest BCUT2D eigenvalue weighted by molar-refractivity contribution is 6.30. The van der Waals surface area contributed by atoms with Gasteiger partial charge in [-0.05, 0) is 53.4 Å². The summed E-state index contributed by atoms with van der Waals surface area (Å²) in [5.41, 5.74) is 3.86. The maximum atomic E-state index is 5.97. The molecule has 23 heavy (non-hydrogen) atoms. The maximum absolute atomic E-state index is 5.97. The van der Waals surface area contributed by atoms with Gasteiger partial charge in [0, 0.05) is 55.1 Å². The third kappa shape index (κ3) is 3.21. The highest BCUT2D eigenvalue weighted by atomic mass is 35.5. The van der Waals surface area contributed by atoms with Gasteiger partial charge in [0.15, 0.2) is 0 Å². The van der Waals surface area contributed by atoms with Crippen LogP contribution in [-0.4, -0.2) is 36.1 Å². The summed E-state index contributed by atoms with van der Waals surface area (Å²) in [7, 11) is 0. The molecule has 1 saturated heterocycles. The van der Waals surface area contributed by atoms with Crippen molar-refractivity contribution in [1.82, 2.24) is 9.88 Å². The molecule has 0 amide bonds. The molecule has 0 unspecified atom stereocenters. The van der Waals surface area contributed by atoms with Crippen LogP contribution in [0.15, 0.2) is 54.7 Å². The third-order valence-electron chi connectivity index (χ3n) is 4.59. The number of nitrogens with one attached hydrogen (secondary N) is 1. The first-order valence-electron chi connectivity index (χ1n) is 8.07. The summed E-state index contributed by atoms with van der Waals surface area (Å²) < 4.78 is 0. The summed E-state index contributed by atoms with van der Waals surface area (Å²) in [5.74, 6) is 0. The number of anilines is 1. The third-order valence-corrected chi connectivity index (χ3v) is 4.84. The first-order chi connectivity index (χ1) is 11.3. The van der Waals surface area contributed by atoms with Gasteiger partial charge in [-0.15, -0.1) is 0 Å². The van der Waals surface area contributed by atoms with E-state index in [9.17, 15) is 0 Å². The summed E-state index contributed by atoms with van der Waals surface area (Å²) >= 11 is 5.97. The van der Waals surface area contributed by atoms with Crippen molar-refractivity contribution in [2.24, 2.45) is 0 Å². The Kier molecular flexibility index (Phi) is 3.98. The molecule has 1 aromatic heterocycles. The number of halogens is 1. The Morgan fingerprint density at radius 1 is 0.913 bits per heavy atom. The van der Waals surface area contributed by atoms with E-state index in [1.807, 2.05) is 18.3 Å². The minimum Gasteiger partial charge on any atom is -0.369 e. The molecule has 118 valence electrons. The van der Waals surface area contributed by atoms with Gasteiger partial charge in [0.05, 0.1) is 0 Å². The van der Waals surface area contributed by atoms with Gasteiger partial charge in [-0.1, -0.05) is 17.7 Å². The number of benzene rings is 2. The van der Waals surface area contributed by atoms with E-state index >= 15 is 0 Å². The van der Waals surface area contributed by atoms with Crippen molar-refractivity contribution in [3.63, 3.8) is 0 Å². The fourth-order valence-electron chi connectivity index (χ4n) is 3.28. The van der Waals surface area contributed by atoms with Crippen LogP contribution in [-0.2, 0) is 6.54 Å². The second-order valence-electron chi connectivity index (χ2n) is 6.14. The SMILES string of the molecule is Clc1ccc(N2CCN(Cc3ccc4[nH]ccc4c3)CC2)cc1. The van der Waals surface area contributed by atoms with Crippen LogP contribution in [0.4, 0.5) is 5.69 Å². The van der Waals surface area contributed by atoms with E-state index in [-0.39, 0.29) is 0 Å². The second kappa shape index (κ2) is 6.26. The van der Waals surface area contributed by atoms with Crippen LogP contribution in [0.3, 0.4) is 0 Å². The van der Waals surface area contributed by atoms with E-state index in [1.54, 1.807) is 0 Å². The van der Waals surface area contributed by atoms with Crippen molar-refractivity contribution in [1.29, 1.82) is 0 Å². The summed E-state index contributed by atoms with van der Waals surface area (Å²) in [6, 6.07) is 17.0. The number of aromatic amines is 1. The molecule has 2 heterocycles. The summed E-state index contributed by atoms with van der Waals surface area (Å²) in [5, 5.41) is 2.09. The molecule has 0 radical (unpaired) electrons. The van der Waals surface area contributed by atoms with Crippen molar-refractivity contribution in [3.8, 4) is 0 Å². The van der Waals surface area contributed by atoms with E-state index in [2.05, 4.69) is 51.2 Å². The van der Waals surface area contributed by atoms with Crippen LogP contribution in [0, 0.1) is 0 Å². The van der Waals surface area contributed by atoms with Crippen LogP contribution < -0.4 is 4.90 Å². The van der Waals surface area contributed by atoms with E-state index < -0.39 is 0 Å². The lowest BCUT2D eigenvalue weighted by molar-refractivity contribution is 0.250. The molecule has 0 spiro atoms. The molecule has 4 heteroatoms. The average Bonchev–Trinajstić information content (AvgIpc) is 3.04. The fraction of sp³-hybridized carbons (Fsp3) is 0.263. The fourth-order valence-corrected chi connectivity index (χ4v) is 3.40. The summed E-state index contributed by atoms with van der Waals surface area (Å²) in [6.07, 6.45) is 2.00. The predicted octanol–water partition coefficient (Wildman–Crippen LogP) is 4.14. The van der Waals surface area contributed by atoms with Crippen molar-refractivity contribution in [3.05, 3.63) is 65.3 Å². The smallest absolute Gasteiger partial charge is 0.0454 e. The Balaban J connectivity index is 1.38. The van der Waals surface area contributed by atoms with Gasteiger partial charge in [-0.2, -0.15) is 0 Å². The number of aromatic nitrogens is 1. The van der Waals surface area contributed by atoms with Gasteiger partial charge in [0.1, 0.15) is 0 Å². The Morgan fingerprint density at radius 3 is 2.48 bits per heavy atom. The Labute approximate surface area is 141 Å². The molecular formula is C19H20ClN3. The van der Waals surface area contributed by atoms with Gasteiger partial charge in [-0.25, -0.2) is 0 Å². The topological polar surface area (TPSA) is 22.3 Å². The highest BCUT2D eigenvalue weighted by Gasteiger charge is 2.17. The van der Waals surface area contributed by atoms with Crippen molar-refractivity contribution in [2.45, 2.75) is 6.54 Å². The molecule has 0 bridgehead atoms. The van der Waals surface area contributed by atoms with E-state index in [0.717, 1.165) is 37.7 Å². The lowest BCUT2D eigenvalue weighted by Gasteiger charge is -2.36. The number of nitrogens with zero attached hydrogens (tertiary/aromatic N) is 2. The number of fused-ring (bicyclic) bond motifs is 1. The first-order valence-corrected chi connectivity index (χ1v) is 8.45. The monoisotopic (exact) mass is 325 g/mol. The predicted molar refractivity (Wildman–Crippen MR) is 97.2 cm³/mol. The van der Waals surface area contributed by atoms with Gasteiger partial charge in [-0.3, -0.25) is 4.90 Å². The molecular weight excluding hydrogens is 306 g/mol. The average molecular weight is 326 g/mol. The van der Waals surface area contributed by atoms with Crippen molar-refractivity contribution >= 4 is 28.2 Å². The molecule has 1 aliphatic heterocycles. The number of piperazine rings is 1. The first kappa shape index (κ1) is 14.6. The van der Waals surface area contributed by atoms with E-state index in [0.29, 0.717) is 0 Å². The zero-order chi connectivity index (χ0) is 15.6. The van der Waals surface area contributed by atoms with E-state index in [1.165, 1.54) is 22.2 Å². The highest BCUT2D eigenvalue weighted by Crippen LogP contribution is 2.21. The molecule has 1 aliphatic rings. The molecule has 1 N–H and O–H groups in total. The standard InChI is InChI=1S/C19H20ClN3/c20-17-2-4-18(5-3-17)23-11-9-22(10-12-23)14-15-1-6-19-16(13-15)7-8-21-19/h1-8,13,21H,9-12,14H2. The molecule has 2 aromatic carbocycles. The van der Waals surface area contributed by atoms with Crippen LogP contribution in [0.1, 0.15) is 5.56 Å². The lowest BCUT2D eigenvalue weighted by atomic mass is 10.1. The van der Waals surface area contributed by atoms with Gasteiger partial charge in [0.25, 0.3) is 0 Å². The molecule has 0 atom stereocenters. The van der Waals surface area contributed by atoms with E-state index in [4.69, 9.17) is 11.6 Å². The molecule has 0 aliphatic carbocycles. The minimum atomic E-state index is 0.799. The Bertz CT molecular complexity index is 786. The van der Waals surface area contributed by atoms with Crippen LogP contribution >= 0.6 is 11.6 Å². The van der Waals surface area contributed by atoms with Gasteiger partial charge >= 0.3 is 0 Å². The largest absolute Gasteiger partial charge is 0.369 e. The molecule has 3 aromatic rings. The van der Waals surface area contributed by atoms with Crippen molar-refractivity contribution < 1.29 is 0 Å².